The molecule has 3 aliphatic rings. The zero-order valence-corrected chi connectivity index (χ0v) is 11.9. The van der Waals surface area contributed by atoms with Crippen molar-refractivity contribution in [1.29, 1.82) is 0 Å². The average molecular weight is 251 g/mol. The summed E-state index contributed by atoms with van der Waals surface area (Å²) in [6.07, 6.45) is 8.53. The van der Waals surface area contributed by atoms with Crippen LogP contribution in [0.5, 0.6) is 0 Å². The molecule has 3 aliphatic heterocycles. The van der Waals surface area contributed by atoms with Crippen LogP contribution in [0.1, 0.15) is 45.4 Å². The Morgan fingerprint density at radius 3 is 2.61 bits per heavy atom. The van der Waals surface area contributed by atoms with Gasteiger partial charge >= 0.3 is 0 Å². The number of likely N-dealkylation sites (N-methyl/N-ethyl adjacent to an activating group) is 1. The fourth-order valence-electron chi connectivity index (χ4n) is 4.33. The van der Waals surface area contributed by atoms with E-state index >= 15 is 0 Å². The van der Waals surface area contributed by atoms with Gasteiger partial charge in [0.05, 0.1) is 0 Å². The van der Waals surface area contributed by atoms with Gasteiger partial charge in [0.1, 0.15) is 0 Å². The van der Waals surface area contributed by atoms with Crippen molar-refractivity contribution in [2.75, 3.05) is 32.7 Å². The molecule has 1 N–H and O–H groups in total. The maximum Gasteiger partial charge on any atom is 0.0195 e. The Morgan fingerprint density at radius 1 is 0.944 bits per heavy atom. The molecule has 0 aromatic carbocycles. The smallest absolute Gasteiger partial charge is 0.0195 e. The van der Waals surface area contributed by atoms with Crippen molar-refractivity contribution >= 4 is 0 Å². The van der Waals surface area contributed by atoms with Crippen LogP contribution in [0.4, 0.5) is 0 Å². The third-order valence-corrected chi connectivity index (χ3v) is 5.25. The molecule has 0 bridgehead atoms. The largest absolute Gasteiger partial charge is 0.313 e. The normalized spacial score (nSPS) is 38.8. The van der Waals surface area contributed by atoms with Crippen molar-refractivity contribution in [3.05, 3.63) is 0 Å². The van der Waals surface area contributed by atoms with Gasteiger partial charge in [-0.25, -0.2) is 0 Å². The van der Waals surface area contributed by atoms with Gasteiger partial charge in [-0.3, -0.25) is 4.90 Å². The Bertz CT molecular complexity index is 266. The molecule has 18 heavy (non-hydrogen) atoms. The van der Waals surface area contributed by atoms with E-state index in [1.54, 1.807) is 0 Å². The van der Waals surface area contributed by atoms with E-state index < -0.39 is 0 Å². The van der Waals surface area contributed by atoms with Crippen LogP contribution < -0.4 is 5.32 Å². The zero-order chi connectivity index (χ0) is 12.4. The highest BCUT2D eigenvalue weighted by Crippen LogP contribution is 2.30. The molecule has 0 aromatic rings. The third-order valence-electron chi connectivity index (χ3n) is 5.25. The number of nitrogens with one attached hydrogen (secondary N) is 1. The van der Waals surface area contributed by atoms with Crippen LogP contribution >= 0.6 is 0 Å². The van der Waals surface area contributed by atoms with Crippen LogP contribution in [0, 0.1) is 0 Å². The molecule has 104 valence electrons. The van der Waals surface area contributed by atoms with E-state index in [0.29, 0.717) is 0 Å². The van der Waals surface area contributed by atoms with Gasteiger partial charge in [-0.05, 0) is 64.7 Å². The van der Waals surface area contributed by atoms with Crippen LogP contribution in [0.2, 0.25) is 0 Å². The van der Waals surface area contributed by atoms with Gasteiger partial charge in [0.15, 0.2) is 0 Å². The molecular weight excluding hydrogens is 222 g/mol. The van der Waals surface area contributed by atoms with Crippen LogP contribution in [0.25, 0.3) is 0 Å². The lowest BCUT2D eigenvalue weighted by atomic mass is 9.93. The molecule has 0 aromatic heterocycles. The minimum absolute atomic E-state index is 0.755. The standard InChI is InChI=1S/C15H29N3/c1-2-16-13-5-3-9-18(12-13)15-7-10-17-8-4-6-14(17)11-15/h13-16H,2-12H2,1H3. The summed E-state index contributed by atoms with van der Waals surface area (Å²) in [6.45, 7) is 8.73. The second-order valence-corrected chi connectivity index (χ2v) is 6.40. The fourth-order valence-corrected chi connectivity index (χ4v) is 4.33. The molecule has 3 rings (SSSR count). The highest BCUT2D eigenvalue weighted by molar-refractivity contribution is 4.92. The van der Waals surface area contributed by atoms with Gasteiger partial charge in [0, 0.05) is 24.7 Å². The first kappa shape index (κ1) is 12.9. The summed E-state index contributed by atoms with van der Waals surface area (Å²) < 4.78 is 0. The molecule has 0 radical (unpaired) electrons. The van der Waals surface area contributed by atoms with Crippen molar-refractivity contribution in [3.63, 3.8) is 0 Å². The quantitative estimate of drug-likeness (QED) is 0.823. The zero-order valence-electron chi connectivity index (χ0n) is 11.9. The van der Waals surface area contributed by atoms with Crippen LogP contribution in [0.15, 0.2) is 0 Å². The predicted octanol–water partition coefficient (Wildman–Crippen LogP) is 1.69. The van der Waals surface area contributed by atoms with Gasteiger partial charge in [-0.1, -0.05) is 6.92 Å². The average Bonchev–Trinajstić information content (AvgIpc) is 2.86. The molecule has 0 amide bonds. The number of fused-ring (bicyclic) bond motifs is 1. The van der Waals surface area contributed by atoms with E-state index in [2.05, 4.69) is 22.0 Å². The van der Waals surface area contributed by atoms with Crippen LogP contribution in [-0.4, -0.2) is 60.6 Å². The summed E-state index contributed by atoms with van der Waals surface area (Å²) in [4.78, 5) is 5.54. The van der Waals surface area contributed by atoms with E-state index in [4.69, 9.17) is 0 Å². The number of likely N-dealkylation sites (tertiary alicyclic amines) is 1. The number of rotatable bonds is 3. The first-order chi connectivity index (χ1) is 8.86. The first-order valence-corrected chi connectivity index (χ1v) is 8.08. The maximum atomic E-state index is 3.65. The summed E-state index contributed by atoms with van der Waals surface area (Å²) in [5, 5.41) is 3.65. The van der Waals surface area contributed by atoms with E-state index in [9.17, 15) is 0 Å². The molecule has 3 fully saturated rings. The van der Waals surface area contributed by atoms with E-state index in [1.165, 1.54) is 64.7 Å². The van der Waals surface area contributed by atoms with Gasteiger partial charge in [-0.15, -0.1) is 0 Å². The minimum Gasteiger partial charge on any atom is -0.313 e. The monoisotopic (exact) mass is 251 g/mol. The minimum atomic E-state index is 0.755. The SMILES string of the molecule is CCNC1CCCN(C2CCN3CCCC3C2)C1. The molecule has 3 unspecified atom stereocenters. The van der Waals surface area contributed by atoms with Gasteiger partial charge in [-0.2, -0.15) is 0 Å². The Labute approximate surface area is 112 Å². The molecule has 3 saturated heterocycles. The molecular formula is C15H29N3. The number of piperidine rings is 2. The van der Waals surface area contributed by atoms with Gasteiger partial charge in [0.2, 0.25) is 0 Å². The summed E-state index contributed by atoms with van der Waals surface area (Å²) >= 11 is 0. The van der Waals surface area contributed by atoms with E-state index in [-0.39, 0.29) is 0 Å². The topological polar surface area (TPSA) is 18.5 Å². The summed E-state index contributed by atoms with van der Waals surface area (Å²) in [6, 6.07) is 2.56. The van der Waals surface area contributed by atoms with Gasteiger partial charge < -0.3 is 10.2 Å². The number of hydrogen-bond donors (Lipinski definition) is 1. The maximum absolute atomic E-state index is 3.65. The molecule has 3 nitrogen and oxygen atoms in total. The second kappa shape index (κ2) is 5.89. The van der Waals surface area contributed by atoms with E-state index in [1.807, 2.05) is 0 Å². The highest BCUT2D eigenvalue weighted by atomic mass is 15.2. The van der Waals surface area contributed by atoms with Crippen molar-refractivity contribution in [2.45, 2.75) is 63.6 Å². The van der Waals surface area contributed by atoms with Crippen LogP contribution in [-0.2, 0) is 0 Å². The summed E-state index contributed by atoms with van der Waals surface area (Å²) in [5.74, 6) is 0. The number of hydrogen-bond acceptors (Lipinski definition) is 3. The first-order valence-electron chi connectivity index (χ1n) is 8.08. The lowest BCUT2D eigenvalue weighted by Crippen LogP contribution is -2.53. The summed E-state index contributed by atoms with van der Waals surface area (Å²) in [7, 11) is 0. The van der Waals surface area contributed by atoms with Crippen molar-refractivity contribution in [3.8, 4) is 0 Å². The molecule has 0 aliphatic carbocycles. The molecule has 3 atom stereocenters. The van der Waals surface area contributed by atoms with Crippen molar-refractivity contribution in [2.24, 2.45) is 0 Å². The molecule has 3 heterocycles. The third kappa shape index (κ3) is 2.73. The predicted molar refractivity (Wildman–Crippen MR) is 75.9 cm³/mol. The van der Waals surface area contributed by atoms with E-state index in [0.717, 1.165) is 24.7 Å². The fraction of sp³-hybridized carbons (Fsp3) is 1.00. The van der Waals surface area contributed by atoms with Gasteiger partial charge in [0.25, 0.3) is 0 Å². The molecule has 0 spiro atoms. The van der Waals surface area contributed by atoms with Crippen molar-refractivity contribution in [1.82, 2.24) is 15.1 Å². The Morgan fingerprint density at radius 2 is 1.72 bits per heavy atom. The highest BCUT2D eigenvalue weighted by Gasteiger charge is 2.35. The summed E-state index contributed by atoms with van der Waals surface area (Å²) in [5.41, 5.74) is 0. The lowest BCUT2D eigenvalue weighted by molar-refractivity contribution is 0.0644. The second-order valence-electron chi connectivity index (χ2n) is 6.40. The molecule has 3 heteroatoms. The van der Waals surface area contributed by atoms with Crippen LogP contribution in [0.3, 0.4) is 0 Å². The number of nitrogens with zero attached hydrogens (tertiary/aromatic N) is 2. The molecule has 0 saturated carbocycles. The van der Waals surface area contributed by atoms with Crippen molar-refractivity contribution < 1.29 is 0 Å². The Balaban J connectivity index is 1.54. The Hall–Kier alpha value is -0.120. The lowest BCUT2D eigenvalue weighted by Gasteiger charge is -2.44. The Kier molecular flexibility index (Phi) is 4.22.